The van der Waals surface area contributed by atoms with Crippen molar-refractivity contribution in [3.63, 3.8) is 0 Å². The first-order chi connectivity index (χ1) is 10.9. The fourth-order valence-corrected chi connectivity index (χ4v) is 3.49. The predicted octanol–water partition coefficient (Wildman–Crippen LogP) is 4.63. The van der Waals surface area contributed by atoms with Gasteiger partial charge in [-0.05, 0) is 77.5 Å². The lowest BCUT2D eigenvalue weighted by Crippen LogP contribution is -2.29. The van der Waals surface area contributed by atoms with E-state index in [1.807, 2.05) is 0 Å². The zero-order valence-electron chi connectivity index (χ0n) is 14.5. The van der Waals surface area contributed by atoms with Gasteiger partial charge in [-0.1, -0.05) is 37.1 Å². The molecule has 0 saturated carbocycles. The topological polar surface area (TPSA) is 6.48 Å². The lowest BCUT2D eigenvalue weighted by Gasteiger charge is -2.24. The molecule has 0 N–H and O–H groups in total. The molecule has 0 amide bonds. The van der Waals surface area contributed by atoms with Crippen molar-refractivity contribution in [1.82, 2.24) is 9.80 Å². The minimum atomic E-state index is 1.18. The molecule has 0 aromatic heterocycles. The van der Waals surface area contributed by atoms with Crippen molar-refractivity contribution in [2.45, 2.75) is 64.2 Å². The Labute approximate surface area is 138 Å². The maximum atomic E-state index is 2.59. The van der Waals surface area contributed by atoms with E-state index in [0.29, 0.717) is 0 Å². The summed E-state index contributed by atoms with van der Waals surface area (Å²) in [7, 11) is 0. The van der Waals surface area contributed by atoms with Gasteiger partial charge in [0.1, 0.15) is 0 Å². The Morgan fingerprint density at radius 3 is 1.32 bits per heavy atom. The largest absolute Gasteiger partial charge is 0.300 e. The standard InChI is InChI=1S/C20H36N2/c1(3-5-9-15-21-17-11-7-12-18-21)2-4-6-10-16-22-19-13-8-14-20-22/h5-6,9-10H,1-4,7-8,11-20H2. The Kier molecular flexibility index (Phi) is 9.60. The van der Waals surface area contributed by atoms with E-state index in [2.05, 4.69) is 34.1 Å². The molecule has 0 spiro atoms. The summed E-state index contributed by atoms with van der Waals surface area (Å²) in [4.78, 5) is 5.17. The predicted molar refractivity (Wildman–Crippen MR) is 97.3 cm³/mol. The van der Waals surface area contributed by atoms with E-state index < -0.39 is 0 Å². The molecule has 2 aliphatic heterocycles. The smallest absolute Gasteiger partial charge is 0.0163 e. The van der Waals surface area contributed by atoms with E-state index in [9.17, 15) is 0 Å². The van der Waals surface area contributed by atoms with Crippen LogP contribution in [0.5, 0.6) is 0 Å². The highest BCUT2D eigenvalue weighted by molar-refractivity contribution is 4.88. The number of piperidine rings is 2. The molecule has 2 nitrogen and oxygen atoms in total. The van der Waals surface area contributed by atoms with Crippen LogP contribution in [0.1, 0.15) is 64.2 Å². The Balaban J connectivity index is 1.38. The van der Waals surface area contributed by atoms with Crippen LogP contribution in [0, 0.1) is 0 Å². The van der Waals surface area contributed by atoms with Gasteiger partial charge in [-0.2, -0.15) is 0 Å². The minimum Gasteiger partial charge on any atom is -0.300 e. The Hall–Kier alpha value is -0.600. The molecule has 2 aliphatic rings. The van der Waals surface area contributed by atoms with E-state index in [4.69, 9.17) is 0 Å². The third kappa shape index (κ3) is 8.14. The number of likely N-dealkylation sites (tertiary alicyclic amines) is 2. The average molecular weight is 305 g/mol. The van der Waals surface area contributed by atoms with Gasteiger partial charge >= 0.3 is 0 Å². The number of hydrogen-bond donors (Lipinski definition) is 0. The summed E-state index contributed by atoms with van der Waals surface area (Å²) in [6.07, 6.45) is 23.2. The number of nitrogens with zero attached hydrogens (tertiary/aromatic N) is 2. The van der Waals surface area contributed by atoms with Crippen molar-refractivity contribution < 1.29 is 0 Å². The highest BCUT2D eigenvalue weighted by atomic mass is 15.1. The minimum absolute atomic E-state index is 1.18. The molecule has 0 aromatic rings. The summed E-state index contributed by atoms with van der Waals surface area (Å²) in [5, 5.41) is 0. The molecule has 0 atom stereocenters. The first kappa shape index (κ1) is 17.7. The van der Waals surface area contributed by atoms with Crippen LogP contribution in [-0.4, -0.2) is 49.1 Å². The van der Waals surface area contributed by atoms with Crippen molar-refractivity contribution in [2.24, 2.45) is 0 Å². The van der Waals surface area contributed by atoms with Gasteiger partial charge in [0.2, 0.25) is 0 Å². The summed E-state index contributed by atoms with van der Waals surface area (Å²) >= 11 is 0. The maximum Gasteiger partial charge on any atom is 0.0163 e. The van der Waals surface area contributed by atoms with Crippen molar-refractivity contribution in [1.29, 1.82) is 0 Å². The van der Waals surface area contributed by atoms with Gasteiger partial charge in [0.05, 0.1) is 0 Å². The third-order valence-electron chi connectivity index (χ3n) is 4.95. The molecule has 2 saturated heterocycles. The van der Waals surface area contributed by atoms with Crippen LogP contribution < -0.4 is 0 Å². The van der Waals surface area contributed by atoms with Gasteiger partial charge in [0, 0.05) is 13.1 Å². The van der Waals surface area contributed by atoms with Crippen molar-refractivity contribution in [3.05, 3.63) is 24.3 Å². The first-order valence-corrected chi connectivity index (χ1v) is 9.70. The van der Waals surface area contributed by atoms with E-state index in [-0.39, 0.29) is 0 Å². The molecule has 0 bridgehead atoms. The molecule has 2 heteroatoms. The SMILES string of the molecule is C(=CCN1CCCCC1)CCCCC=CCN1CCCCC1. The van der Waals surface area contributed by atoms with Crippen LogP contribution in [0.25, 0.3) is 0 Å². The van der Waals surface area contributed by atoms with E-state index in [1.54, 1.807) is 0 Å². The zero-order valence-corrected chi connectivity index (χ0v) is 14.5. The number of hydrogen-bond acceptors (Lipinski definition) is 2. The average Bonchev–Trinajstić information content (AvgIpc) is 2.58. The number of rotatable bonds is 9. The zero-order chi connectivity index (χ0) is 15.3. The molecule has 0 radical (unpaired) electrons. The highest BCUT2D eigenvalue weighted by Crippen LogP contribution is 2.09. The quantitative estimate of drug-likeness (QED) is 0.452. The molecule has 2 rings (SSSR count). The van der Waals surface area contributed by atoms with Crippen molar-refractivity contribution >= 4 is 0 Å². The highest BCUT2D eigenvalue weighted by Gasteiger charge is 2.07. The lowest BCUT2D eigenvalue weighted by atomic mass is 10.1. The third-order valence-corrected chi connectivity index (χ3v) is 4.95. The Bertz CT molecular complexity index is 278. The van der Waals surface area contributed by atoms with Gasteiger partial charge in [0.15, 0.2) is 0 Å². The van der Waals surface area contributed by atoms with Crippen LogP contribution in [0.15, 0.2) is 24.3 Å². The van der Waals surface area contributed by atoms with Crippen LogP contribution in [0.4, 0.5) is 0 Å². The summed E-state index contributed by atoms with van der Waals surface area (Å²) < 4.78 is 0. The van der Waals surface area contributed by atoms with Crippen molar-refractivity contribution in [2.75, 3.05) is 39.3 Å². The molecule has 0 unspecified atom stereocenters. The van der Waals surface area contributed by atoms with Gasteiger partial charge in [-0.3, -0.25) is 9.80 Å². The first-order valence-electron chi connectivity index (χ1n) is 9.70. The molecule has 2 fully saturated rings. The molecule has 0 aromatic carbocycles. The van der Waals surface area contributed by atoms with E-state index in [0.717, 1.165) is 0 Å². The maximum absolute atomic E-state index is 2.59. The summed E-state index contributed by atoms with van der Waals surface area (Å²) in [6.45, 7) is 7.60. The van der Waals surface area contributed by atoms with Crippen LogP contribution >= 0.6 is 0 Å². The number of unbranched alkanes of at least 4 members (excludes halogenated alkanes) is 3. The van der Waals surface area contributed by atoms with Crippen LogP contribution in [-0.2, 0) is 0 Å². The van der Waals surface area contributed by atoms with Gasteiger partial charge in [-0.25, -0.2) is 0 Å². The van der Waals surface area contributed by atoms with E-state index >= 15 is 0 Å². The molecule has 22 heavy (non-hydrogen) atoms. The van der Waals surface area contributed by atoms with Gasteiger partial charge < -0.3 is 0 Å². The molecule has 2 heterocycles. The number of allylic oxidation sites excluding steroid dienone is 2. The molecule has 0 aliphatic carbocycles. The summed E-state index contributed by atoms with van der Waals surface area (Å²) in [6, 6.07) is 0. The molecule has 126 valence electrons. The second-order valence-corrected chi connectivity index (χ2v) is 6.95. The fourth-order valence-electron chi connectivity index (χ4n) is 3.49. The Morgan fingerprint density at radius 1 is 0.500 bits per heavy atom. The normalized spacial score (nSPS) is 22.0. The van der Waals surface area contributed by atoms with Gasteiger partial charge in [-0.15, -0.1) is 0 Å². The second kappa shape index (κ2) is 11.9. The molecular formula is C20H36N2. The molecular weight excluding hydrogens is 268 g/mol. The lowest BCUT2D eigenvalue weighted by molar-refractivity contribution is 0.251. The van der Waals surface area contributed by atoms with Crippen molar-refractivity contribution in [3.8, 4) is 0 Å². The summed E-state index contributed by atoms with van der Waals surface area (Å²) in [5.74, 6) is 0. The fraction of sp³-hybridized carbons (Fsp3) is 0.800. The van der Waals surface area contributed by atoms with E-state index in [1.165, 1.54) is 103 Å². The summed E-state index contributed by atoms with van der Waals surface area (Å²) in [5.41, 5.74) is 0. The second-order valence-electron chi connectivity index (χ2n) is 6.95. The monoisotopic (exact) mass is 304 g/mol. The van der Waals surface area contributed by atoms with Gasteiger partial charge in [0.25, 0.3) is 0 Å². The Morgan fingerprint density at radius 2 is 0.909 bits per heavy atom. The van der Waals surface area contributed by atoms with Crippen LogP contribution in [0.3, 0.4) is 0 Å². The van der Waals surface area contributed by atoms with Crippen LogP contribution in [0.2, 0.25) is 0 Å².